The van der Waals surface area contributed by atoms with Crippen LogP contribution >= 0.6 is 0 Å². The van der Waals surface area contributed by atoms with Crippen LogP contribution in [0.5, 0.6) is 0 Å². The van der Waals surface area contributed by atoms with E-state index in [1.165, 1.54) is 11.9 Å². The van der Waals surface area contributed by atoms with E-state index in [0.717, 1.165) is 24.3 Å². The molecule has 1 aliphatic rings. The summed E-state index contributed by atoms with van der Waals surface area (Å²) in [5.41, 5.74) is -0.648. The minimum Gasteiger partial charge on any atom is -0.455 e. The molecule has 0 unspecified atom stereocenters. The molecule has 0 saturated carbocycles. The Labute approximate surface area is 148 Å². The number of piperidine rings is 1. The monoisotopic (exact) mass is 372 g/mol. The van der Waals surface area contributed by atoms with E-state index in [1.54, 1.807) is 0 Å². The van der Waals surface area contributed by atoms with Crippen LogP contribution in [0.4, 0.5) is 13.2 Å². The highest BCUT2D eigenvalue weighted by atomic mass is 19.4. The van der Waals surface area contributed by atoms with E-state index in [-0.39, 0.29) is 18.1 Å². The lowest BCUT2D eigenvalue weighted by Gasteiger charge is -2.31. The SMILES string of the molecule is CNC(=O)COC(=O)C1CCN(C(=O)c2ccc(C(F)(F)F)cc2)CC1. The Bertz CT molecular complexity index is 666. The third kappa shape index (κ3) is 4.96. The van der Waals surface area contributed by atoms with E-state index in [0.29, 0.717) is 25.9 Å². The lowest BCUT2D eigenvalue weighted by molar-refractivity contribution is -0.153. The fourth-order valence-corrected chi connectivity index (χ4v) is 2.63. The number of carbonyl (C=O) groups excluding carboxylic acids is 3. The van der Waals surface area contributed by atoms with E-state index < -0.39 is 29.5 Å². The number of amides is 2. The first kappa shape index (κ1) is 19.7. The van der Waals surface area contributed by atoms with Gasteiger partial charge in [0, 0.05) is 25.7 Å². The highest BCUT2D eigenvalue weighted by molar-refractivity contribution is 5.94. The number of esters is 1. The molecule has 0 radical (unpaired) electrons. The molecule has 2 rings (SSSR count). The summed E-state index contributed by atoms with van der Waals surface area (Å²) in [5, 5.41) is 2.34. The van der Waals surface area contributed by atoms with Crippen molar-refractivity contribution in [2.45, 2.75) is 19.0 Å². The molecule has 6 nitrogen and oxygen atoms in total. The molecule has 0 bridgehead atoms. The third-order valence-electron chi connectivity index (χ3n) is 4.20. The van der Waals surface area contributed by atoms with Gasteiger partial charge in [0.1, 0.15) is 0 Å². The fraction of sp³-hybridized carbons (Fsp3) is 0.471. The summed E-state index contributed by atoms with van der Waals surface area (Å²) in [7, 11) is 1.43. The van der Waals surface area contributed by atoms with E-state index >= 15 is 0 Å². The number of carbonyl (C=O) groups is 3. The second-order valence-electron chi connectivity index (χ2n) is 5.92. The zero-order valence-electron chi connectivity index (χ0n) is 14.1. The smallest absolute Gasteiger partial charge is 0.416 e. The zero-order valence-corrected chi connectivity index (χ0v) is 14.1. The molecule has 2 amide bonds. The molecule has 0 aromatic heterocycles. The third-order valence-corrected chi connectivity index (χ3v) is 4.20. The molecule has 0 atom stereocenters. The Morgan fingerprint density at radius 3 is 2.23 bits per heavy atom. The predicted molar refractivity (Wildman–Crippen MR) is 85.1 cm³/mol. The van der Waals surface area contributed by atoms with E-state index in [4.69, 9.17) is 4.74 Å². The van der Waals surface area contributed by atoms with Crippen molar-refractivity contribution in [2.24, 2.45) is 5.92 Å². The van der Waals surface area contributed by atoms with E-state index in [9.17, 15) is 27.6 Å². The van der Waals surface area contributed by atoms with Crippen molar-refractivity contribution in [3.63, 3.8) is 0 Å². The van der Waals surface area contributed by atoms with Gasteiger partial charge in [-0.1, -0.05) is 0 Å². The zero-order chi connectivity index (χ0) is 19.3. The Morgan fingerprint density at radius 1 is 1.15 bits per heavy atom. The number of alkyl halides is 3. The average Bonchev–Trinajstić information content (AvgIpc) is 2.64. The van der Waals surface area contributed by atoms with Crippen LogP contribution in [0.3, 0.4) is 0 Å². The van der Waals surface area contributed by atoms with E-state index in [2.05, 4.69) is 5.32 Å². The van der Waals surface area contributed by atoms with Gasteiger partial charge in [0.05, 0.1) is 11.5 Å². The maximum atomic E-state index is 12.6. The highest BCUT2D eigenvalue weighted by Crippen LogP contribution is 2.29. The molecule has 1 aromatic rings. The quantitative estimate of drug-likeness (QED) is 0.819. The second-order valence-corrected chi connectivity index (χ2v) is 5.92. The number of nitrogens with one attached hydrogen (secondary N) is 1. The first-order valence-corrected chi connectivity index (χ1v) is 8.06. The lowest BCUT2D eigenvalue weighted by Crippen LogP contribution is -2.41. The number of ether oxygens (including phenoxy) is 1. The molecule has 1 fully saturated rings. The maximum Gasteiger partial charge on any atom is 0.416 e. The summed E-state index contributed by atoms with van der Waals surface area (Å²) in [4.78, 5) is 36.8. The number of nitrogens with zero attached hydrogens (tertiary/aromatic N) is 1. The van der Waals surface area contributed by atoms with Crippen LogP contribution in [0.25, 0.3) is 0 Å². The average molecular weight is 372 g/mol. The van der Waals surface area contributed by atoms with Gasteiger partial charge in [0.2, 0.25) is 0 Å². The van der Waals surface area contributed by atoms with Gasteiger partial charge in [-0.25, -0.2) is 0 Å². The molecule has 1 heterocycles. The molecule has 1 saturated heterocycles. The van der Waals surface area contributed by atoms with Crippen LogP contribution in [0.2, 0.25) is 0 Å². The van der Waals surface area contributed by atoms with Crippen LogP contribution in [-0.2, 0) is 20.5 Å². The molecule has 0 spiro atoms. The van der Waals surface area contributed by atoms with Crippen molar-refractivity contribution in [3.8, 4) is 0 Å². The Kier molecular flexibility index (Phi) is 6.23. The van der Waals surface area contributed by atoms with Crippen molar-refractivity contribution >= 4 is 17.8 Å². The summed E-state index contributed by atoms with van der Waals surface area (Å²) in [6.45, 7) is 0.235. The van der Waals surface area contributed by atoms with Crippen molar-refractivity contribution in [1.82, 2.24) is 10.2 Å². The molecule has 1 aliphatic heterocycles. The predicted octanol–water partition coefficient (Wildman–Crippen LogP) is 1.85. The summed E-state index contributed by atoms with van der Waals surface area (Å²) >= 11 is 0. The highest BCUT2D eigenvalue weighted by Gasteiger charge is 2.32. The number of rotatable bonds is 4. The van der Waals surface area contributed by atoms with Gasteiger partial charge in [-0.3, -0.25) is 14.4 Å². The number of halogens is 3. The van der Waals surface area contributed by atoms with Gasteiger partial charge >= 0.3 is 12.1 Å². The molecule has 0 aliphatic carbocycles. The Hall–Kier alpha value is -2.58. The van der Waals surface area contributed by atoms with Gasteiger partial charge in [-0.2, -0.15) is 13.2 Å². The molecular formula is C17H19F3N2O4. The van der Waals surface area contributed by atoms with Gasteiger partial charge in [-0.05, 0) is 37.1 Å². The lowest BCUT2D eigenvalue weighted by atomic mass is 9.96. The number of likely N-dealkylation sites (tertiary alicyclic amines) is 1. The van der Waals surface area contributed by atoms with Crippen molar-refractivity contribution in [2.75, 3.05) is 26.7 Å². The molecule has 142 valence electrons. The second kappa shape index (κ2) is 8.20. The molecule has 1 N–H and O–H groups in total. The topological polar surface area (TPSA) is 75.7 Å². The van der Waals surface area contributed by atoms with Crippen LogP contribution in [0, 0.1) is 5.92 Å². The van der Waals surface area contributed by atoms with Crippen molar-refractivity contribution in [3.05, 3.63) is 35.4 Å². The van der Waals surface area contributed by atoms with Gasteiger partial charge in [0.15, 0.2) is 6.61 Å². The Balaban J connectivity index is 1.88. The Morgan fingerprint density at radius 2 is 1.73 bits per heavy atom. The number of likely N-dealkylation sites (N-methyl/N-ethyl adjacent to an activating group) is 1. The summed E-state index contributed by atoms with van der Waals surface area (Å²) in [5.74, 6) is -1.68. The van der Waals surface area contributed by atoms with Crippen LogP contribution < -0.4 is 5.32 Å². The minimum absolute atomic E-state index is 0.165. The number of hydrogen-bond acceptors (Lipinski definition) is 4. The summed E-state index contributed by atoms with van der Waals surface area (Å²) < 4.78 is 42.6. The van der Waals surface area contributed by atoms with Gasteiger partial charge in [0.25, 0.3) is 11.8 Å². The standard InChI is InChI=1S/C17H19F3N2O4/c1-21-14(23)10-26-16(25)12-6-8-22(9-7-12)15(24)11-2-4-13(5-3-11)17(18,19)20/h2-5,12H,6-10H2,1H3,(H,21,23). The largest absolute Gasteiger partial charge is 0.455 e. The first-order valence-electron chi connectivity index (χ1n) is 8.06. The summed E-state index contributed by atoms with van der Waals surface area (Å²) in [6, 6.07) is 4.04. The number of hydrogen-bond donors (Lipinski definition) is 1. The molecule has 1 aromatic carbocycles. The van der Waals surface area contributed by atoms with Crippen LogP contribution in [-0.4, -0.2) is 49.4 Å². The first-order chi connectivity index (χ1) is 12.2. The van der Waals surface area contributed by atoms with Crippen LogP contribution in [0.1, 0.15) is 28.8 Å². The normalized spacial score (nSPS) is 15.5. The number of benzene rings is 1. The summed E-state index contributed by atoms with van der Waals surface area (Å²) in [6.07, 6.45) is -3.70. The van der Waals surface area contributed by atoms with Crippen LogP contribution in [0.15, 0.2) is 24.3 Å². The van der Waals surface area contributed by atoms with Gasteiger partial charge < -0.3 is 15.0 Å². The molecule has 9 heteroatoms. The minimum atomic E-state index is -4.45. The van der Waals surface area contributed by atoms with Gasteiger partial charge in [-0.15, -0.1) is 0 Å². The maximum absolute atomic E-state index is 12.6. The van der Waals surface area contributed by atoms with Crippen molar-refractivity contribution < 1.29 is 32.3 Å². The van der Waals surface area contributed by atoms with Crippen molar-refractivity contribution in [1.29, 1.82) is 0 Å². The fourth-order valence-electron chi connectivity index (χ4n) is 2.63. The van der Waals surface area contributed by atoms with E-state index in [1.807, 2.05) is 0 Å². The molecule has 26 heavy (non-hydrogen) atoms. The molecular weight excluding hydrogens is 353 g/mol.